The van der Waals surface area contributed by atoms with Gasteiger partial charge in [-0.3, -0.25) is 0 Å². The molecule has 14 heteroatoms. The molecule has 0 aliphatic heterocycles. The van der Waals surface area contributed by atoms with Gasteiger partial charge in [-0.25, -0.2) is 49.2 Å². The van der Waals surface area contributed by atoms with Crippen LogP contribution in [-0.4, -0.2) is 12.8 Å². The van der Waals surface area contributed by atoms with E-state index >= 15 is 0 Å². The zero-order valence-electron chi connectivity index (χ0n) is 16.6. The fourth-order valence-electron chi connectivity index (χ4n) is 2.53. The summed E-state index contributed by atoms with van der Waals surface area (Å²) in [5.41, 5.74) is -4.52. The van der Waals surface area contributed by atoms with Crippen molar-refractivity contribution in [3.63, 3.8) is 0 Å². The van der Waals surface area contributed by atoms with Crippen LogP contribution in [0.4, 0.5) is 57.1 Å². The molecule has 0 aliphatic carbocycles. The van der Waals surface area contributed by atoms with Crippen LogP contribution in [0.2, 0.25) is 0 Å². The summed E-state index contributed by atoms with van der Waals surface area (Å²) in [6.07, 6.45) is -2.45. The third-order valence-electron chi connectivity index (χ3n) is 4.10. The summed E-state index contributed by atoms with van der Waals surface area (Å²) < 4.78 is 166. The molecule has 0 saturated heterocycles. The standard InChI is InChI=1S/C12F10.C7H14F3N/c13-3-1(4(14)8(18)11(21)7(3)17)2-5(15)9(19)12(22)10(20)6(2)16;1-3-4-6(2)5-11-7(8,9)10/h;6,11H,3-5H2,1-2H3. The monoisotopic (exact) mass is 503 g/mol. The maximum absolute atomic E-state index is 13.4. The summed E-state index contributed by atoms with van der Waals surface area (Å²) in [7, 11) is 0. The maximum Gasteiger partial charge on any atom is 0.457 e. The Morgan fingerprint density at radius 3 is 1.09 bits per heavy atom. The number of hydrogen-bond donors (Lipinski definition) is 1. The predicted molar refractivity (Wildman–Crippen MR) is 89.6 cm³/mol. The van der Waals surface area contributed by atoms with Gasteiger partial charge in [0.15, 0.2) is 46.5 Å². The SMILES string of the molecule is CCCC(C)CNC(F)(F)F.Fc1c(F)c(F)c(-c2c(F)c(F)c(F)c(F)c2F)c(F)c1F. The molecule has 33 heavy (non-hydrogen) atoms. The Hall–Kier alpha value is -2.51. The number of benzene rings is 2. The molecule has 0 saturated carbocycles. The van der Waals surface area contributed by atoms with Crippen molar-refractivity contribution in [1.29, 1.82) is 0 Å². The summed E-state index contributed by atoms with van der Waals surface area (Å²) >= 11 is 0. The van der Waals surface area contributed by atoms with Crippen molar-refractivity contribution in [3.05, 3.63) is 58.2 Å². The van der Waals surface area contributed by atoms with Crippen LogP contribution in [0.5, 0.6) is 0 Å². The summed E-state index contributed by atoms with van der Waals surface area (Å²) in [4.78, 5) is 0. The molecule has 1 unspecified atom stereocenters. The molecule has 0 aromatic heterocycles. The van der Waals surface area contributed by atoms with Gasteiger partial charge in [0.2, 0.25) is 11.6 Å². The minimum atomic E-state index is -4.22. The van der Waals surface area contributed by atoms with Crippen molar-refractivity contribution in [2.24, 2.45) is 5.92 Å². The zero-order chi connectivity index (χ0) is 25.8. The summed E-state index contributed by atoms with van der Waals surface area (Å²) in [6.45, 7) is 3.80. The van der Waals surface area contributed by atoms with Crippen molar-refractivity contribution in [2.75, 3.05) is 6.54 Å². The molecule has 186 valence electrons. The van der Waals surface area contributed by atoms with E-state index in [0.717, 1.165) is 12.8 Å². The average molecular weight is 503 g/mol. The number of rotatable bonds is 5. The summed E-state index contributed by atoms with van der Waals surface area (Å²) in [5.74, 6) is -26.5. The number of halogens is 13. The van der Waals surface area contributed by atoms with Crippen LogP contribution in [0.1, 0.15) is 26.7 Å². The lowest BCUT2D eigenvalue weighted by molar-refractivity contribution is -0.158. The number of hydrogen-bond acceptors (Lipinski definition) is 1. The molecule has 1 nitrogen and oxygen atoms in total. The lowest BCUT2D eigenvalue weighted by Crippen LogP contribution is -2.34. The molecule has 0 spiro atoms. The number of alkyl halides is 3. The molecular formula is C19H14F13N. The van der Waals surface area contributed by atoms with E-state index in [1.54, 1.807) is 0 Å². The van der Waals surface area contributed by atoms with Gasteiger partial charge in [-0.15, -0.1) is 0 Å². The van der Waals surface area contributed by atoms with Crippen molar-refractivity contribution in [3.8, 4) is 11.1 Å². The minimum absolute atomic E-state index is 0.0251. The lowest BCUT2D eigenvalue weighted by Gasteiger charge is -2.13. The molecule has 2 rings (SSSR count). The van der Waals surface area contributed by atoms with Gasteiger partial charge in [-0.05, 0) is 12.3 Å². The third kappa shape index (κ3) is 6.51. The van der Waals surface area contributed by atoms with Crippen LogP contribution >= 0.6 is 0 Å². The molecule has 0 amide bonds. The molecule has 0 heterocycles. The molecule has 2 aromatic rings. The maximum atomic E-state index is 13.4. The first kappa shape index (κ1) is 28.5. The van der Waals surface area contributed by atoms with Gasteiger partial charge < -0.3 is 0 Å². The fourth-order valence-corrected chi connectivity index (χ4v) is 2.53. The van der Waals surface area contributed by atoms with Gasteiger partial charge in [-0.2, -0.15) is 13.2 Å². The first-order valence-electron chi connectivity index (χ1n) is 8.91. The van der Waals surface area contributed by atoms with E-state index < -0.39 is 75.6 Å². The van der Waals surface area contributed by atoms with E-state index in [4.69, 9.17) is 0 Å². The van der Waals surface area contributed by atoms with Gasteiger partial charge in [0, 0.05) is 6.54 Å². The van der Waals surface area contributed by atoms with E-state index in [0.29, 0.717) is 0 Å². The van der Waals surface area contributed by atoms with Crippen molar-refractivity contribution >= 4 is 0 Å². The molecule has 0 bridgehead atoms. The van der Waals surface area contributed by atoms with E-state index in [1.165, 1.54) is 5.32 Å². The van der Waals surface area contributed by atoms with Crippen molar-refractivity contribution in [1.82, 2.24) is 5.32 Å². The van der Waals surface area contributed by atoms with Crippen molar-refractivity contribution < 1.29 is 57.1 Å². The minimum Gasteiger partial charge on any atom is -0.228 e. The molecule has 2 aromatic carbocycles. The summed E-state index contributed by atoms with van der Waals surface area (Å²) in [5, 5.41) is 1.51. The van der Waals surface area contributed by atoms with Gasteiger partial charge >= 0.3 is 6.30 Å². The zero-order valence-corrected chi connectivity index (χ0v) is 16.6. The predicted octanol–water partition coefficient (Wildman–Crippen LogP) is 7.28. The third-order valence-corrected chi connectivity index (χ3v) is 4.10. The second-order valence-electron chi connectivity index (χ2n) is 6.66. The Balaban J connectivity index is 0.000000420. The van der Waals surface area contributed by atoms with Crippen LogP contribution in [0, 0.1) is 64.1 Å². The Kier molecular flexibility index (Phi) is 9.57. The number of nitrogens with one attached hydrogen (secondary N) is 1. The van der Waals surface area contributed by atoms with Crippen LogP contribution in [-0.2, 0) is 0 Å². The normalized spacial score (nSPS) is 12.5. The highest BCUT2D eigenvalue weighted by Crippen LogP contribution is 2.37. The summed E-state index contributed by atoms with van der Waals surface area (Å²) in [6, 6.07) is 0. The van der Waals surface area contributed by atoms with Crippen LogP contribution in [0.25, 0.3) is 11.1 Å². The van der Waals surface area contributed by atoms with Gasteiger partial charge in [-0.1, -0.05) is 20.3 Å². The van der Waals surface area contributed by atoms with E-state index in [9.17, 15) is 57.1 Å². The fraction of sp³-hybridized carbons (Fsp3) is 0.368. The first-order chi connectivity index (χ1) is 15.1. The Morgan fingerprint density at radius 2 is 0.848 bits per heavy atom. The van der Waals surface area contributed by atoms with Crippen LogP contribution in [0.3, 0.4) is 0 Å². The topological polar surface area (TPSA) is 12.0 Å². The highest BCUT2D eigenvalue weighted by Gasteiger charge is 2.34. The van der Waals surface area contributed by atoms with Crippen molar-refractivity contribution in [2.45, 2.75) is 33.0 Å². The highest BCUT2D eigenvalue weighted by atomic mass is 19.4. The van der Waals surface area contributed by atoms with E-state index in [1.807, 2.05) is 13.8 Å². The Bertz CT molecular complexity index is 875. The van der Waals surface area contributed by atoms with Crippen LogP contribution in [0.15, 0.2) is 0 Å². The second kappa shape index (κ2) is 11.1. The van der Waals surface area contributed by atoms with Crippen LogP contribution < -0.4 is 5.32 Å². The van der Waals surface area contributed by atoms with Gasteiger partial charge in [0.05, 0.1) is 11.1 Å². The first-order valence-corrected chi connectivity index (χ1v) is 8.91. The molecule has 0 fully saturated rings. The Morgan fingerprint density at radius 1 is 0.576 bits per heavy atom. The molecule has 0 aliphatic rings. The Labute approximate surface area is 178 Å². The van der Waals surface area contributed by atoms with Gasteiger partial charge in [0.25, 0.3) is 0 Å². The van der Waals surface area contributed by atoms with E-state index in [2.05, 4.69) is 0 Å². The molecule has 1 atom stereocenters. The lowest BCUT2D eigenvalue weighted by atomic mass is 10.0. The van der Waals surface area contributed by atoms with E-state index in [-0.39, 0.29) is 12.5 Å². The smallest absolute Gasteiger partial charge is 0.228 e. The average Bonchev–Trinajstić information content (AvgIpc) is 2.74. The highest BCUT2D eigenvalue weighted by molar-refractivity contribution is 5.67. The largest absolute Gasteiger partial charge is 0.457 e. The quantitative estimate of drug-likeness (QED) is 0.196. The molecule has 1 N–H and O–H groups in total. The van der Waals surface area contributed by atoms with Gasteiger partial charge in [0.1, 0.15) is 0 Å². The molecular weight excluding hydrogens is 489 g/mol. The molecule has 0 radical (unpaired) electrons. The second-order valence-corrected chi connectivity index (χ2v) is 6.66.